The van der Waals surface area contributed by atoms with Crippen LogP contribution in [0.15, 0.2) is 42.7 Å². The number of piperidine rings is 1. The summed E-state index contributed by atoms with van der Waals surface area (Å²) in [5.41, 5.74) is 3.22. The number of hydrogen-bond acceptors (Lipinski definition) is 6. The average molecular weight is 499 g/mol. The summed E-state index contributed by atoms with van der Waals surface area (Å²) in [6.45, 7) is 4.43. The van der Waals surface area contributed by atoms with Gasteiger partial charge in [-0.2, -0.15) is 5.10 Å². The number of H-pyrrole nitrogens is 1. The van der Waals surface area contributed by atoms with Crippen LogP contribution in [-0.2, 0) is 6.42 Å². The molecule has 0 unspecified atom stereocenters. The third-order valence-electron chi connectivity index (χ3n) is 6.58. The van der Waals surface area contributed by atoms with E-state index in [2.05, 4.69) is 52.9 Å². The zero-order chi connectivity index (χ0) is 25.3. The summed E-state index contributed by atoms with van der Waals surface area (Å²) in [7, 11) is 0. The van der Waals surface area contributed by atoms with Crippen LogP contribution < -0.4 is 16.0 Å². The first-order valence-corrected chi connectivity index (χ1v) is 13.2. The molecular weight excluding hydrogens is 464 g/mol. The van der Waals surface area contributed by atoms with Gasteiger partial charge in [-0.3, -0.25) is 10.4 Å². The first kappa shape index (κ1) is 24.8. The summed E-state index contributed by atoms with van der Waals surface area (Å²) < 4.78 is 0. The van der Waals surface area contributed by atoms with Crippen molar-refractivity contribution in [3.63, 3.8) is 0 Å². The molecule has 0 atom stereocenters. The van der Waals surface area contributed by atoms with Gasteiger partial charge >= 0.3 is 6.03 Å². The van der Waals surface area contributed by atoms with Crippen LogP contribution >= 0.6 is 0 Å². The normalized spacial score (nSPS) is 15.5. The lowest BCUT2D eigenvalue weighted by molar-refractivity contribution is 0.228. The molecule has 1 saturated carbocycles. The van der Waals surface area contributed by atoms with Crippen molar-refractivity contribution in [1.82, 2.24) is 25.1 Å². The summed E-state index contributed by atoms with van der Waals surface area (Å²) in [5, 5.41) is 16.1. The minimum Gasteiger partial charge on any atom is -0.354 e. The SMILES string of the molecule is O=C(Nc1cccc(C#Cc2cnc(NCCCN3CCCCC3)nc2)c1)Nc1cc(CC2CC2)[nH]n1. The van der Waals surface area contributed by atoms with E-state index in [1.165, 1.54) is 45.2 Å². The van der Waals surface area contributed by atoms with Crippen LogP contribution in [0.3, 0.4) is 0 Å². The van der Waals surface area contributed by atoms with E-state index in [9.17, 15) is 4.79 Å². The third kappa shape index (κ3) is 8.05. The monoisotopic (exact) mass is 498 g/mol. The number of urea groups is 1. The van der Waals surface area contributed by atoms with Gasteiger partial charge in [0, 0.05) is 41.9 Å². The van der Waals surface area contributed by atoms with Crippen LogP contribution in [0.4, 0.5) is 22.2 Å². The van der Waals surface area contributed by atoms with Crippen LogP contribution in [0.2, 0.25) is 0 Å². The van der Waals surface area contributed by atoms with Crippen LogP contribution in [-0.4, -0.2) is 57.3 Å². The van der Waals surface area contributed by atoms with Gasteiger partial charge in [-0.1, -0.05) is 24.3 Å². The topological polar surface area (TPSA) is 111 Å². The molecule has 192 valence electrons. The molecule has 9 nitrogen and oxygen atoms in total. The van der Waals surface area contributed by atoms with Crippen molar-refractivity contribution >= 4 is 23.5 Å². The predicted molar refractivity (Wildman–Crippen MR) is 146 cm³/mol. The van der Waals surface area contributed by atoms with Crippen molar-refractivity contribution in [2.24, 2.45) is 5.92 Å². The molecule has 0 spiro atoms. The smallest absolute Gasteiger partial charge is 0.324 e. The van der Waals surface area contributed by atoms with Gasteiger partial charge in [-0.25, -0.2) is 14.8 Å². The second-order valence-electron chi connectivity index (χ2n) is 9.81. The van der Waals surface area contributed by atoms with Crippen LogP contribution in [0.1, 0.15) is 55.3 Å². The third-order valence-corrected chi connectivity index (χ3v) is 6.58. The van der Waals surface area contributed by atoms with Crippen molar-refractivity contribution in [3.05, 3.63) is 59.5 Å². The highest BCUT2D eigenvalue weighted by Gasteiger charge is 2.22. The number of rotatable bonds is 9. The van der Waals surface area contributed by atoms with Crippen LogP contribution in [0.25, 0.3) is 0 Å². The molecule has 1 aliphatic heterocycles. The quantitative estimate of drug-likeness (QED) is 0.256. The van der Waals surface area contributed by atoms with E-state index in [1.54, 1.807) is 12.4 Å². The number of nitrogens with one attached hydrogen (secondary N) is 4. The fourth-order valence-corrected chi connectivity index (χ4v) is 4.43. The molecule has 2 amide bonds. The zero-order valence-electron chi connectivity index (χ0n) is 21.1. The lowest BCUT2D eigenvalue weighted by atomic mass is 10.1. The molecule has 0 bridgehead atoms. The molecular formula is C28H34N8O. The fourth-order valence-electron chi connectivity index (χ4n) is 4.43. The number of likely N-dealkylation sites (tertiary alicyclic amines) is 1. The lowest BCUT2D eigenvalue weighted by Crippen LogP contribution is -2.31. The summed E-state index contributed by atoms with van der Waals surface area (Å²) >= 11 is 0. The first-order chi connectivity index (χ1) is 18.2. The summed E-state index contributed by atoms with van der Waals surface area (Å²) in [6.07, 6.45) is 12.1. The van der Waals surface area contributed by atoms with Crippen molar-refractivity contribution in [1.29, 1.82) is 0 Å². The number of carbonyl (C=O) groups is 1. The van der Waals surface area contributed by atoms with Crippen molar-refractivity contribution < 1.29 is 4.79 Å². The molecule has 9 heteroatoms. The number of anilines is 3. The Morgan fingerprint density at radius 2 is 1.84 bits per heavy atom. The molecule has 1 aliphatic carbocycles. The Labute approximate surface area is 217 Å². The van der Waals surface area contributed by atoms with Gasteiger partial charge in [0.05, 0.1) is 5.56 Å². The maximum Gasteiger partial charge on any atom is 0.324 e. The Morgan fingerprint density at radius 3 is 2.65 bits per heavy atom. The zero-order valence-corrected chi connectivity index (χ0v) is 21.1. The summed E-state index contributed by atoms with van der Waals surface area (Å²) in [5.74, 6) is 8.10. The maximum atomic E-state index is 12.4. The van der Waals surface area contributed by atoms with Gasteiger partial charge in [-0.15, -0.1) is 0 Å². The molecule has 1 aromatic carbocycles. The van der Waals surface area contributed by atoms with E-state index in [4.69, 9.17) is 0 Å². The van der Waals surface area contributed by atoms with Gasteiger partial charge in [0.2, 0.25) is 5.95 Å². The molecule has 0 radical (unpaired) electrons. The minimum absolute atomic E-state index is 0.345. The van der Waals surface area contributed by atoms with E-state index >= 15 is 0 Å². The van der Waals surface area contributed by atoms with E-state index < -0.39 is 0 Å². The fraction of sp³-hybridized carbons (Fsp3) is 0.429. The Hall–Kier alpha value is -3.90. The number of hydrogen-bond donors (Lipinski definition) is 4. The number of nitrogens with zero attached hydrogens (tertiary/aromatic N) is 4. The van der Waals surface area contributed by atoms with Crippen LogP contribution in [0, 0.1) is 17.8 Å². The molecule has 37 heavy (non-hydrogen) atoms. The largest absolute Gasteiger partial charge is 0.354 e. The Kier molecular flexibility index (Phi) is 8.28. The van der Waals surface area contributed by atoms with Crippen molar-refractivity contribution in [2.75, 3.05) is 42.1 Å². The maximum absolute atomic E-state index is 12.4. The lowest BCUT2D eigenvalue weighted by Gasteiger charge is -2.26. The average Bonchev–Trinajstić information content (AvgIpc) is 3.63. The molecule has 3 heterocycles. The van der Waals surface area contributed by atoms with Gasteiger partial charge < -0.3 is 15.5 Å². The van der Waals surface area contributed by atoms with Crippen LogP contribution in [0.5, 0.6) is 0 Å². The molecule has 5 rings (SSSR count). The number of aromatic nitrogens is 4. The molecule has 2 fully saturated rings. The second-order valence-corrected chi connectivity index (χ2v) is 9.81. The molecule has 4 N–H and O–H groups in total. The molecule has 3 aromatic rings. The highest BCUT2D eigenvalue weighted by atomic mass is 16.2. The summed E-state index contributed by atoms with van der Waals surface area (Å²) in [4.78, 5) is 23.7. The molecule has 1 saturated heterocycles. The van der Waals surface area contributed by atoms with E-state index in [1.807, 2.05) is 30.3 Å². The van der Waals surface area contributed by atoms with Gasteiger partial charge in [-0.05, 0) is 82.3 Å². The van der Waals surface area contributed by atoms with Gasteiger partial charge in [0.25, 0.3) is 0 Å². The number of amides is 2. The Morgan fingerprint density at radius 1 is 1.03 bits per heavy atom. The Balaban J connectivity index is 1.07. The van der Waals surface area contributed by atoms with Gasteiger partial charge in [0.1, 0.15) is 0 Å². The minimum atomic E-state index is -0.345. The molecule has 2 aromatic heterocycles. The van der Waals surface area contributed by atoms with Gasteiger partial charge in [0.15, 0.2) is 5.82 Å². The predicted octanol–water partition coefficient (Wildman–Crippen LogP) is 4.48. The first-order valence-electron chi connectivity index (χ1n) is 13.2. The highest BCUT2D eigenvalue weighted by molar-refractivity contribution is 5.99. The standard InChI is InChI=1S/C28H34N8O/c37-28(33-26-18-25(34-35-26)17-22-8-9-22)32-24-7-4-6-21(16-24)10-11-23-19-30-27(31-20-23)29-12-5-15-36-13-2-1-3-14-36/h4,6-7,16,18-20,22H,1-3,5,8-9,12-15,17H2,(H,29,30,31)(H3,32,33,34,35,37). The van der Waals surface area contributed by atoms with E-state index in [-0.39, 0.29) is 6.03 Å². The number of carbonyl (C=O) groups excluding carboxylic acids is 1. The highest BCUT2D eigenvalue weighted by Crippen LogP contribution is 2.32. The van der Waals surface area contributed by atoms with Crippen molar-refractivity contribution in [3.8, 4) is 11.8 Å². The number of aromatic amines is 1. The van der Waals surface area contributed by atoms with E-state index in [0.717, 1.165) is 48.7 Å². The summed E-state index contributed by atoms with van der Waals surface area (Å²) in [6, 6.07) is 8.94. The molecule has 2 aliphatic rings. The second kappa shape index (κ2) is 12.4. The number of benzene rings is 1. The Bertz CT molecular complexity index is 1230. The van der Waals surface area contributed by atoms with Crippen molar-refractivity contribution in [2.45, 2.75) is 44.9 Å². The van der Waals surface area contributed by atoms with E-state index in [0.29, 0.717) is 17.5 Å².